The van der Waals surface area contributed by atoms with Crippen molar-refractivity contribution in [2.75, 3.05) is 0 Å². The van der Waals surface area contributed by atoms with Crippen LogP contribution in [0, 0.1) is 5.92 Å². The lowest BCUT2D eigenvalue weighted by Gasteiger charge is -2.21. The molecule has 0 radical (unpaired) electrons. The molecular weight excluding hydrogens is 256 g/mol. The molecule has 6 heteroatoms. The molecule has 0 unspecified atom stereocenters. The Morgan fingerprint density at radius 2 is 2.20 bits per heavy atom. The lowest BCUT2D eigenvalue weighted by molar-refractivity contribution is 0.0916. The number of oxazole rings is 1. The smallest absolute Gasteiger partial charge is 0.274 e. The summed E-state index contributed by atoms with van der Waals surface area (Å²) in [5.41, 5.74) is 0.354. The van der Waals surface area contributed by atoms with Gasteiger partial charge in [0.2, 0.25) is 0 Å². The number of hydrogen-bond acceptors (Lipinski definition) is 4. The summed E-state index contributed by atoms with van der Waals surface area (Å²) >= 11 is 0. The summed E-state index contributed by atoms with van der Waals surface area (Å²) in [4.78, 5) is 20.7. The quantitative estimate of drug-likeness (QED) is 0.907. The average Bonchev–Trinajstić information content (AvgIpc) is 3.03. The predicted molar refractivity (Wildman–Crippen MR) is 74.1 cm³/mol. The molecule has 6 nitrogen and oxygen atoms in total. The lowest BCUT2D eigenvalue weighted by Crippen LogP contribution is -2.34. The molecule has 1 atom stereocenters. The third-order valence-corrected chi connectivity index (χ3v) is 3.27. The summed E-state index contributed by atoms with van der Waals surface area (Å²) < 4.78 is 7.11. The van der Waals surface area contributed by atoms with Crippen LogP contribution in [-0.4, -0.2) is 20.4 Å². The number of aryl methyl sites for hydroxylation is 2. The first-order valence-corrected chi connectivity index (χ1v) is 6.75. The van der Waals surface area contributed by atoms with Crippen molar-refractivity contribution < 1.29 is 9.21 Å². The SMILES string of the molecule is CCc1ocnc1C(=O)N[C@@H](c1nccn1C)C(C)C. The first-order chi connectivity index (χ1) is 9.54. The van der Waals surface area contributed by atoms with Crippen LogP contribution in [0.1, 0.15) is 48.9 Å². The standard InChI is InChI=1S/C14H20N4O2/c1-5-10-12(16-8-20-10)14(19)17-11(9(2)3)13-15-6-7-18(13)4/h6-9,11H,5H2,1-4H3,(H,17,19)/t11-/m1/s1. The zero-order valence-corrected chi connectivity index (χ0v) is 12.3. The number of aromatic nitrogens is 3. The molecule has 2 heterocycles. The minimum absolute atomic E-state index is 0.163. The largest absolute Gasteiger partial charge is 0.448 e. The molecule has 0 fully saturated rings. The topological polar surface area (TPSA) is 73.0 Å². The van der Waals surface area contributed by atoms with Crippen molar-refractivity contribution in [1.82, 2.24) is 19.9 Å². The maximum absolute atomic E-state index is 12.3. The van der Waals surface area contributed by atoms with Crippen LogP contribution in [0.15, 0.2) is 23.2 Å². The minimum atomic E-state index is -0.225. The molecule has 0 saturated heterocycles. The Morgan fingerprint density at radius 1 is 1.45 bits per heavy atom. The van der Waals surface area contributed by atoms with Gasteiger partial charge < -0.3 is 14.3 Å². The van der Waals surface area contributed by atoms with Crippen molar-refractivity contribution in [3.05, 3.63) is 36.1 Å². The summed E-state index contributed by atoms with van der Waals surface area (Å²) in [6.45, 7) is 6.02. The lowest BCUT2D eigenvalue weighted by atomic mass is 10.0. The molecule has 2 aromatic heterocycles. The number of nitrogens with one attached hydrogen (secondary N) is 1. The predicted octanol–water partition coefficient (Wildman–Crippen LogP) is 2.10. The summed E-state index contributed by atoms with van der Waals surface area (Å²) in [6, 6.07) is -0.163. The molecule has 0 aliphatic carbocycles. The van der Waals surface area contributed by atoms with E-state index in [4.69, 9.17) is 4.42 Å². The second-order valence-corrected chi connectivity index (χ2v) is 5.07. The van der Waals surface area contributed by atoms with E-state index in [1.165, 1.54) is 6.39 Å². The Balaban J connectivity index is 2.21. The van der Waals surface area contributed by atoms with Gasteiger partial charge in [0.15, 0.2) is 12.1 Å². The summed E-state index contributed by atoms with van der Waals surface area (Å²) in [5, 5.41) is 2.99. The molecule has 20 heavy (non-hydrogen) atoms. The van der Waals surface area contributed by atoms with Gasteiger partial charge in [-0.15, -0.1) is 0 Å². The van der Waals surface area contributed by atoms with E-state index < -0.39 is 0 Å². The molecule has 1 amide bonds. The molecular formula is C14H20N4O2. The van der Waals surface area contributed by atoms with Gasteiger partial charge in [0.05, 0.1) is 6.04 Å². The number of carbonyl (C=O) groups is 1. The Morgan fingerprint density at radius 3 is 2.75 bits per heavy atom. The van der Waals surface area contributed by atoms with Crippen LogP contribution < -0.4 is 5.32 Å². The molecule has 0 aliphatic heterocycles. The fourth-order valence-corrected chi connectivity index (χ4v) is 2.12. The highest BCUT2D eigenvalue weighted by Crippen LogP contribution is 2.20. The number of hydrogen-bond donors (Lipinski definition) is 1. The highest BCUT2D eigenvalue weighted by atomic mass is 16.3. The van der Waals surface area contributed by atoms with Crippen molar-refractivity contribution in [3.8, 4) is 0 Å². The Bertz CT molecular complexity index is 586. The third-order valence-electron chi connectivity index (χ3n) is 3.27. The van der Waals surface area contributed by atoms with Crippen molar-refractivity contribution in [3.63, 3.8) is 0 Å². The van der Waals surface area contributed by atoms with E-state index in [-0.39, 0.29) is 17.9 Å². The zero-order valence-electron chi connectivity index (χ0n) is 12.3. The van der Waals surface area contributed by atoms with E-state index in [0.29, 0.717) is 17.9 Å². The van der Waals surface area contributed by atoms with Crippen molar-refractivity contribution in [1.29, 1.82) is 0 Å². The van der Waals surface area contributed by atoms with Gasteiger partial charge in [-0.05, 0) is 5.92 Å². The van der Waals surface area contributed by atoms with E-state index in [1.807, 2.05) is 38.6 Å². The minimum Gasteiger partial charge on any atom is -0.448 e. The van der Waals surface area contributed by atoms with Gasteiger partial charge in [-0.25, -0.2) is 9.97 Å². The second kappa shape index (κ2) is 5.90. The maximum Gasteiger partial charge on any atom is 0.274 e. The number of rotatable bonds is 5. The van der Waals surface area contributed by atoms with Crippen LogP contribution in [0.25, 0.3) is 0 Å². The third kappa shape index (κ3) is 2.74. The van der Waals surface area contributed by atoms with Crippen LogP contribution in [0.3, 0.4) is 0 Å². The number of amides is 1. The van der Waals surface area contributed by atoms with E-state index >= 15 is 0 Å². The zero-order chi connectivity index (χ0) is 14.7. The van der Waals surface area contributed by atoms with Crippen LogP contribution >= 0.6 is 0 Å². The normalized spacial score (nSPS) is 12.7. The highest BCUT2D eigenvalue weighted by molar-refractivity contribution is 5.93. The molecule has 0 bridgehead atoms. The van der Waals surface area contributed by atoms with Gasteiger partial charge in [0.25, 0.3) is 5.91 Å². The van der Waals surface area contributed by atoms with Crippen molar-refractivity contribution >= 4 is 5.91 Å². The second-order valence-electron chi connectivity index (χ2n) is 5.07. The van der Waals surface area contributed by atoms with E-state index in [9.17, 15) is 4.79 Å². The summed E-state index contributed by atoms with van der Waals surface area (Å²) in [6.07, 6.45) is 5.53. The number of imidazole rings is 1. The molecule has 0 spiro atoms. The van der Waals surface area contributed by atoms with E-state index in [0.717, 1.165) is 5.82 Å². The summed E-state index contributed by atoms with van der Waals surface area (Å²) in [7, 11) is 1.91. The molecule has 2 aromatic rings. The monoisotopic (exact) mass is 276 g/mol. The van der Waals surface area contributed by atoms with E-state index in [1.54, 1.807) is 6.20 Å². The van der Waals surface area contributed by atoms with Crippen molar-refractivity contribution in [2.45, 2.75) is 33.2 Å². The van der Waals surface area contributed by atoms with Crippen LogP contribution in [-0.2, 0) is 13.5 Å². The van der Waals surface area contributed by atoms with E-state index in [2.05, 4.69) is 15.3 Å². The van der Waals surface area contributed by atoms with Gasteiger partial charge >= 0.3 is 0 Å². The Labute approximate surface area is 118 Å². The van der Waals surface area contributed by atoms with Gasteiger partial charge in [0.1, 0.15) is 11.6 Å². The first-order valence-electron chi connectivity index (χ1n) is 6.75. The molecule has 2 rings (SSSR count). The fourth-order valence-electron chi connectivity index (χ4n) is 2.12. The number of carbonyl (C=O) groups excluding carboxylic acids is 1. The fraction of sp³-hybridized carbons (Fsp3) is 0.500. The van der Waals surface area contributed by atoms with Crippen LogP contribution in [0.2, 0.25) is 0 Å². The Hall–Kier alpha value is -2.11. The maximum atomic E-state index is 12.3. The Kier molecular flexibility index (Phi) is 4.22. The van der Waals surface area contributed by atoms with Crippen molar-refractivity contribution in [2.24, 2.45) is 13.0 Å². The highest BCUT2D eigenvalue weighted by Gasteiger charge is 2.25. The summed E-state index contributed by atoms with van der Waals surface area (Å²) in [5.74, 6) is 1.43. The van der Waals surface area contributed by atoms with Gasteiger partial charge in [-0.2, -0.15) is 0 Å². The average molecular weight is 276 g/mol. The van der Waals surface area contributed by atoms with Gasteiger partial charge in [-0.3, -0.25) is 4.79 Å². The van der Waals surface area contributed by atoms with Gasteiger partial charge in [0, 0.05) is 25.9 Å². The molecule has 0 aromatic carbocycles. The molecule has 0 saturated carbocycles. The first kappa shape index (κ1) is 14.3. The molecule has 1 N–H and O–H groups in total. The molecule has 0 aliphatic rings. The number of nitrogens with zero attached hydrogens (tertiary/aromatic N) is 3. The van der Waals surface area contributed by atoms with Gasteiger partial charge in [-0.1, -0.05) is 20.8 Å². The van der Waals surface area contributed by atoms with Crippen LogP contribution in [0.4, 0.5) is 0 Å². The van der Waals surface area contributed by atoms with Crippen LogP contribution in [0.5, 0.6) is 0 Å². The molecule has 108 valence electrons.